The van der Waals surface area contributed by atoms with Crippen molar-refractivity contribution in [3.63, 3.8) is 0 Å². The Morgan fingerprint density at radius 3 is 2.38 bits per heavy atom. The fourth-order valence-electron chi connectivity index (χ4n) is 2.57. The van der Waals surface area contributed by atoms with Crippen molar-refractivity contribution >= 4 is 11.6 Å². The number of hydrogen-bond acceptors (Lipinski definition) is 1. The summed E-state index contributed by atoms with van der Waals surface area (Å²) in [5.74, 6) is -0.373. The molecular weight excluding hydrogens is 285 g/mol. The van der Waals surface area contributed by atoms with Crippen LogP contribution in [0.15, 0.2) is 36.4 Å². The van der Waals surface area contributed by atoms with Crippen LogP contribution in [0.25, 0.3) is 0 Å². The molecule has 0 aromatic heterocycles. The maximum absolute atomic E-state index is 13.6. The van der Waals surface area contributed by atoms with Gasteiger partial charge in [-0.25, -0.2) is 4.39 Å². The summed E-state index contributed by atoms with van der Waals surface area (Å²) in [7, 11) is 0. The van der Waals surface area contributed by atoms with E-state index in [4.69, 9.17) is 11.6 Å². The maximum Gasteiger partial charge on any atom is 0.142 e. The fourth-order valence-corrected chi connectivity index (χ4v) is 2.69. The molecule has 21 heavy (non-hydrogen) atoms. The highest BCUT2D eigenvalue weighted by Crippen LogP contribution is 2.25. The van der Waals surface area contributed by atoms with Gasteiger partial charge < -0.3 is 5.32 Å². The average molecular weight is 306 g/mol. The first-order valence-corrected chi connectivity index (χ1v) is 7.54. The van der Waals surface area contributed by atoms with Crippen LogP contribution in [0.4, 0.5) is 4.39 Å². The van der Waals surface area contributed by atoms with Crippen LogP contribution < -0.4 is 5.32 Å². The Labute approximate surface area is 131 Å². The molecule has 2 atom stereocenters. The summed E-state index contributed by atoms with van der Waals surface area (Å²) in [5.41, 5.74) is 4.68. The summed E-state index contributed by atoms with van der Waals surface area (Å²) in [6.07, 6.45) is 0. The predicted molar refractivity (Wildman–Crippen MR) is 87.3 cm³/mol. The van der Waals surface area contributed by atoms with Gasteiger partial charge in [0.05, 0.1) is 5.02 Å². The lowest BCUT2D eigenvalue weighted by Crippen LogP contribution is -2.23. The molecule has 0 heterocycles. The van der Waals surface area contributed by atoms with Gasteiger partial charge in [-0.05, 0) is 56.5 Å². The minimum Gasteiger partial charge on any atom is -0.304 e. The summed E-state index contributed by atoms with van der Waals surface area (Å²) in [5, 5.41) is 3.68. The molecule has 0 aliphatic rings. The fraction of sp³-hybridized carbons (Fsp3) is 0.333. The van der Waals surface area contributed by atoms with Crippen molar-refractivity contribution in [2.24, 2.45) is 0 Å². The van der Waals surface area contributed by atoms with E-state index < -0.39 is 0 Å². The van der Waals surface area contributed by atoms with Crippen molar-refractivity contribution in [2.75, 3.05) is 0 Å². The van der Waals surface area contributed by atoms with E-state index in [2.05, 4.69) is 44.3 Å². The van der Waals surface area contributed by atoms with E-state index >= 15 is 0 Å². The molecule has 1 nitrogen and oxygen atoms in total. The van der Waals surface area contributed by atoms with Gasteiger partial charge in [0, 0.05) is 12.1 Å². The number of hydrogen-bond donors (Lipinski definition) is 1. The zero-order chi connectivity index (χ0) is 15.6. The first-order valence-electron chi connectivity index (χ1n) is 7.16. The van der Waals surface area contributed by atoms with Gasteiger partial charge in [-0.2, -0.15) is 0 Å². The zero-order valence-corrected chi connectivity index (χ0v) is 13.6. The second-order valence-electron chi connectivity index (χ2n) is 5.64. The van der Waals surface area contributed by atoms with E-state index in [-0.39, 0.29) is 22.9 Å². The highest BCUT2D eigenvalue weighted by Gasteiger charge is 2.14. The molecular formula is C18H21ClFN. The Morgan fingerprint density at radius 1 is 1.00 bits per heavy atom. The highest BCUT2D eigenvalue weighted by atomic mass is 35.5. The van der Waals surface area contributed by atoms with Crippen LogP contribution in [-0.2, 0) is 0 Å². The number of aryl methyl sites for hydroxylation is 2. The number of nitrogens with one attached hydrogen (secondary N) is 1. The van der Waals surface area contributed by atoms with Gasteiger partial charge >= 0.3 is 0 Å². The first-order chi connectivity index (χ1) is 9.88. The Hall–Kier alpha value is -1.38. The molecule has 0 fully saturated rings. The van der Waals surface area contributed by atoms with Crippen molar-refractivity contribution < 1.29 is 4.39 Å². The third-order valence-electron chi connectivity index (χ3n) is 3.84. The van der Waals surface area contributed by atoms with Crippen molar-refractivity contribution in [1.82, 2.24) is 5.32 Å². The van der Waals surface area contributed by atoms with Crippen molar-refractivity contribution in [1.29, 1.82) is 0 Å². The third-order valence-corrected chi connectivity index (χ3v) is 4.15. The molecule has 0 saturated carbocycles. The smallest absolute Gasteiger partial charge is 0.142 e. The van der Waals surface area contributed by atoms with Gasteiger partial charge in [-0.1, -0.05) is 41.4 Å². The number of benzene rings is 2. The van der Waals surface area contributed by atoms with Crippen LogP contribution in [-0.4, -0.2) is 0 Å². The second kappa shape index (κ2) is 6.59. The molecule has 2 rings (SSSR count). The van der Waals surface area contributed by atoms with E-state index in [1.54, 1.807) is 6.07 Å². The van der Waals surface area contributed by atoms with Crippen LogP contribution in [0.1, 0.15) is 48.2 Å². The lowest BCUT2D eigenvalue weighted by molar-refractivity contribution is 0.490. The minimum absolute atomic E-state index is 0.0479. The Kier molecular flexibility index (Phi) is 5.02. The number of rotatable bonds is 4. The summed E-state index contributed by atoms with van der Waals surface area (Å²) in [6, 6.07) is 11.6. The lowest BCUT2D eigenvalue weighted by atomic mass is 9.98. The van der Waals surface area contributed by atoms with E-state index in [1.807, 2.05) is 13.0 Å². The van der Waals surface area contributed by atoms with Crippen molar-refractivity contribution in [2.45, 2.75) is 39.8 Å². The van der Waals surface area contributed by atoms with Crippen LogP contribution in [0.2, 0.25) is 5.02 Å². The van der Waals surface area contributed by atoms with E-state index in [0.29, 0.717) is 0 Å². The topological polar surface area (TPSA) is 12.0 Å². The Balaban J connectivity index is 2.16. The summed E-state index contributed by atoms with van der Waals surface area (Å²) in [4.78, 5) is 0. The molecule has 2 unspecified atom stereocenters. The monoisotopic (exact) mass is 305 g/mol. The normalized spacial score (nSPS) is 14.0. The van der Waals surface area contributed by atoms with Crippen LogP contribution >= 0.6 is 11.6 Å². The lowest BCUT2D eigenvalue weighted by Gasteiger charge is -2.22. The Bertz CT molecular complexity index is 639. The molecule has 2 aromatic rings. The van der Waals surface area contributed by atoms with Gasteiger partial charge in [0.25, 0.3) is 0 Å². The van der Waals surface area contributed by atoms with E-state index in [1.165, 1.54) is 22.8 Å². The quantitative estimate of drug-likeness (QED) is 0.785. The van der Waals surface area contributed by atoms with Crippen molar-refractivity contribution in [3.8, 4) is 0 Å². The molecule has 0 aliphatic carbocycles. The molecule has 2 aromatic carbocycles. The molecule has 0 amide bonds. The molecule has 0 saturated heterocycles. The van der Waals surface area contributed by atoms with Crippen LogP contribution in [0, 0.1) is 19.7 Å². The summed E-state index contributed by atoms with van der Waals surface area (Å²) < 4.78 is 13.6. The van der Waals surface area contributed by atoms with E-state index in [0.717, 1.165) is 5.56 Å². The van der Waals surface area contributed by atoms with Gasteiger partial charge in [0.1, 0.15) is 5.82 Å². The second-order valence-corrected chi connectivity index (χ2v) is 6.05. The molecule has 0 spiro atoms. The van der Waals surface area contributed by atoms with E-state index in [9.17, 15) is 4.39 Å². The Morgan fingerprint density at radius 2 is 1.71 bits per heavy atom. The largest absolute Gasteiger partial charge is 0.304 e. The van der Waals surface area contributed by atoms with Crippen molar-refractivity contribution in [3.05, 3.63) is 69.5 Å². The SMILES string of the molecule is Cc1ccc(C)c(C(C)NC(C)c2ccc(Cl)c(F)c2)c1. The molecule has 3 heteroatoms. The minimum atomic E-state index is -0.373. The predicted octanol–water partition coefficient (Wildman–Crippen LogP) is 5.51. The van der Waals surface area contributed by atoms with Gasteiger partial charge in [0.2, 0.25) is 0 Å². The summed E-state index contributed by atoms with van der Waals surface area (Å²) >= 11 is 5.73. The molecule has 0 bridgehead atoms. The zero-order valence-electron chi connectivity index (χ0n) is 12.9. The van der Waals surface area contributed by atoms with Gasteiger partial charge in [-0.3, -0.25) is 0 Å². The molecule has 112 valence electrons. The molecule has 1 N–H and O–H groups in total. The third kappa shape index (κ3) is 3.84. The van der Waals surface area contributed by atoms with Crippen LogP contribution in [0.3, 0.4) is 0 Å². The maximum atomic E-state index is 13.6. The summed E-state index contributed by atoms with van der Waals surface area (Å²) in [6.45, 7) is 8.36. The standard InChI is InChI=1S/C18H21ClFN/c1-11-5-6-12(2)16(9-11)14(4)21-13(3)15-7-8-17(19)18(20)10-15/h5-10,13-14,21H,1-4H3. The first kappa shape index (κ1) is 16.0. The van der Waals surface area contributed by atoms with Gasteiger partial charge in [0.15, 0.2) is 0 Å². The average Bonchev–Trinajstić information content (AvgIpc) is 2.44. The number of halogens is 2. The van der Waals surface area contributed by atoms with Gasteiger partial charge in [-0.15, -0.1) is 0 Å². The highest BCUT2D eigenvalue weighted by molar-refractivity contribution is 6.30. The molecule has 0 radical (unpaired) electrons. The molecule has 0 aliphatic heterocycles. The van der Waals surface area contributed by atoms with Crippen LogP contribution in [0.5, 0.6) is 0 Å².